The van der Waals surface area contributed by atoms with Gasteiger partial charge in [0.05, 0.1) is 22.5 Å². The molecule has 20 heavy (non-hydrogen) atoms. The Balaban J connectivity index is 2.09. The van der Waals surface area contributed by atoms with Crippen molar-refractivity contribution in [2.75, 3.05) is 18.0 Å². The fraction of sp³-hybridized carbons (Fsp3) is 0.286. The monoisotopic (exact) mass is 338 g/mol. The first-order chi connectivity index (χ1) is 9.58. The van der Waals surface area contributed by atoms with E-state index in [1.165, 1.54) is 6.07 Å². The average molecular weight is 339 g/mol. The summed E-state index contributed by atoms with van der Waals surface area (Å²) in [6, 6.07) is 4.75. The molecule has 1 saturated heterocycles. The molecule has 2 aromatic rings. The number of carboxylic acid groups (broad SMARTS) is 1. The number of aromatic nitrogens is 1. The lowest BCUT2D eigenvalue weighted by Crippen LogP contribution is -2.23. The molecule has 4 nitrogen and oxygen atoms in total. The highest BCUT2D eigenvalue weighted by Crippen LogP contribution is 2.34. The van der Waals surface area contributed by atoms with E-state index in [1.54, 1.807) is 18.3 Å². The molecule has 0 amide bonds. The summed E-state index contributed by atoms with van der Waals surface area (Å²) in [5.74, 6) is -1.54. The number of nitrogens with zero attached hydrogens (tertiary/aromatic N) is 2. The van der Waals surface area contributed by atoms with E-state index in [0.717, 1.165) is 4.47 Å². The van der Waals surface area contributed by atoms with Gasteiger partial charge in [0.25, 0.3) is 0 Å². The Labute approximate surface area is 123 Å². The van der Waals surface area contributed by atoms with E-state index in [4.69, 9.17) is 5.11 Å². The molecule has 1 N–H and O–H groups in total. The molecular weight excluding hydrogens is 327 g/mol. The second kappa shape index (κ2) is 5.01. The number of benzene rings is 1. The number of fused-ring (bicyclic) bond motifs is 1. The fourth-order valence-corrected chi connectivity index (χ4v) is 3.05. The molecule has 1 aliphatic heterocycles. The Morgan fingerprint density at radius 1 is 1.45 bits per heavy atom. The fourth-order valence-electron chi connectivity index (χ4n) is 2.62. The van der Waals surface area contributed by atoms with E-state index in [0.29, 0.717) is 36.1 Å². The number of pyridine rings is 1. The SMILES string of the molecule is O=C(O)C1CCN(c2ccnc3c(Br)ccc(F)c23)C1. The molecule has 1 aromatic carbocycles. The first kappa shape index (κ1) is 13.3. The van der Waals surface area contributed by atoms with Crippen LogP contribution in [-0.2, 0) is 4.79 Å². The van der Waals surface area contributed by atoms with Gasteiger partial charge < -0.3 is 10.0 Å². The second-order valence-corrected chi connectivity index (χ2v) is 5.71. The predicted octanol–water partition coefficient (Wildman–Crippen LogP) is 3.05. The molecular formula is C14H12BrFN2O2. The summed E-state index contributed by atoms with van der Waals surface area (Å²) < 4.78 is 14.9. The van der Waals surface area contributed by atoms with Crippen LogP contribution in [0.4, 0.5) is 10.1 Å². The second-order valence-electron chi connectivity index (χ2n) is 4.85. The minimum Gasteiger partial charge on any atom is -0.481 e. The number of rotatable bonds is 2. The number of hydrogen-bond acceptors (Lipinski definition) is 3. The number of carbonyl (C=O) groups is 1. The highest BCUT2D eigenvalue weighted by atomic mass is 79.9. The lowest BCUT2D eigenvalue weighted by atomic mass is 10.1. The average Bonchev–Trinajstić information content (AvgIpc) is 2.92. The third-order valence-electron chi connectivity index (χ3n) is 3.65. The molecule has 1 fully saturated rings. The van der Waals surface area contributed by atoms with Crippen molar-refractivity contribution in [1.82, 2.24) is 4.98 Å². The Morgan fingerprint density at radius 3 is 2.95 bits per heavy atom. The minimum absolute atomic E-state index is 0.343. The number of halogens is 2. The van der Waals surface area contributed by atoms with Gasteiger partial charge in [0.15, 0.2) is 0 Å². The van der Waals surface area contributed by atoms with Gasteiger partial charge in [-0.2, -0.15) is 0 Å². The Morgan fingerprint density at radius 2 is 2.25 bits per heavy atom. The summed E-state index contributed by atoms with van der Waals surface area (Å²) >= 11 is 3.37. The highest BCUT2D eigenvalue weighted by Gasteiger charge is 2.29. The van der Waals surface area contributed by atoms with E-state index in [2.05, 4.69) is 20.9 Å². The molecule has 0 radical (unpaired) electrons. The van der Waals surface area contributed by atoms with Crippen LogP contribution in [-0.4, -0.2) is 29.1 Å². The maximum absolute atomic E-state index is 14.1. The Hall–Kier alpha value is -1.69. The molecule has 1 unspecified atom stereocenters. The normalized spacial score (nSPS) is 18.7. The van der Waals surface area contributed by atoms with Crippen molar-refractivity contribution in [1.29, 1.82) is 0 Å². The van der Waals surface area contributed by atoms with Crippen LogP contribution in [0.3, 0.4) is 0 Å². The van der Waals surface area contributed by atoms with Gasteiger partial charge in [-0.3, -0.25) is 9.78 Å². The zero-order chi connectivity index (χ0) is 14.3. The summed E-state index contributed by atoms with van der Waals surface area (Å²) in [6.45, 7) is 1.02. The van der Waals surface area contributed by atoms with Crippen molar-refractivity contribution in [3.63, 3.8) is 0 Å². The van der Waals surface area contributed by atoms with E-state index >= 15 is 0 Å². The topological polar surface area (TPSA) is 53.4 Å². The minimum atomic E-state index is -0.799. The smallest absolute Gasteiger partial charge is 0.308 e. The van der Waals surface area contributed by atoms with Gasteiger partial charge in [-0.25, -0.2) is 4.39 Å². The van der Waals surface area contributed by atoms with Gasteiger partial charge in [0.1, 0.15) is 5.82 Å². The van der Waals surface area contributed by atoms with Crippen molar-refractivity contribution in [2.24, 2.45) is 5.92 Å². The molecule has 0 aliphatic carbocycles. The maximum atomic E-state index is 14.1. The van der Waals surface area contributed by atoms with Crippen molar-refractivity contribution in [2.45, 2.75) is 6.42 Å². The lowest BCUT2D eigenvalue weighted by Gasteiger charge is -2.20. The molecule has 1 aromatic heterocycles. The van der Waals surface area contributed by atoms with Gasteiger partial charge in [-0.1, -0.05) is 0 Å². The highest BCUT2D eigenvalue weighted by molar-refractivity contribution is 9.10. The number of aliphatic carboxylic acids is 1. The van der Waals surface area contributed by atoms with Crippen molar-refractivity contribution in [3.8, 4) is 0 Å². The standard InChI is InChI=1S/C14H12BrFN2O2/c15-9-1-2-10(16)12-11(3-5-17-13(9)12)18-6-4-8(7-18)14(19)20/h1-3,5,8H,4,6-7H2,(H,19,20). The molecule has 1 aliphatic rings. The van der Waals surface area contributed by atoms with Crippen LogP contribution in [0.1, 0.15) is 6.42 Å². The van der Waals surface area contributed by atoms with E-state index in [-0.39, 0.29) is 5.82 Å². The molecule has 0 bridgehead atoms. The third-order valence-corrected chi connectivity index (χ3v) is 4.29. The zero-order valence-corrected chi connectivity index (χ0v) is 12.1. The van der Waals surface area contributed by atoms with Gasteiger partial charge in [0, 0.05) is 23.8 Å². The van der Waals surface area contributed by atoms with Crippen molar-refractivity contribution < 1.29 is 14.3 Å². The molecule has 6 heteroatoms. The molecule has 2 heterocycles. The van der Waals surface area contributed by atoms with E-state index in [9.17, 15) is 9.18 Å². The quantitative estimate of drug-likeness (QED) is 0.914. The third kappa shape index (κ3) is 2.14. The summed E-state index contributed by atoms with van der Waals surface area (Å²) in [4.78, 5) is 17.2. The van der Waals surface area contributed by atoms with Gasteiger partial charge in [-0.15, -0.1) is 0 Å². The largest absolute Gasteiger partial charge is 0.481 e. The summed E-state index contributed by atoms with van der Waals surface area (Å²) in [7, 11) is 0. The summed E-state index contributed by atoms with van der Waals surface area (Å²) in [6.07, 6.45) is 2.20. The molecule has 0 spiro atoms. The Bertz CT molecular complexity index is 692. The molecule has 3 rings (SSSR count). The van der Waals surface area contributed by atoms with Gasteiger partial charge in [0.2, 0.25) is 0 Å². The van der Waals surface area contributed by atoms with Gasteiger partial charge in [-0.05, 0) is 40.5 Å². The number of carboxylic acids is 1. The van der Waals surface area contributed by atoms with Crippen LogP contribution in [0.2, 0.25) is 0 Å². The summed E-state index contributed by atoms with van der Waals surface area (Å²) in [5.41, 5.74) is 1.26. The molecule has 0 saturated carbocycles. The first-order valence-corrected chi connectivity index (χ1v) is 7.07. The predicted molar refractivity (Wildman–Crippen MR) is 77.4 cm³/mol. The van der Waals surface area contributed by atoms with Crippen LogP contribution >= 0.6 is 15.9 Å². The van der Waals surface area contributed by atoms with Crippen LogP contribution < -0.4 is 4.90 Å². The molecule has 104 valence electrons. The molecule has 1 atom stereocenters. The van der Waals surface area contributed by atoms with Crippen molar-refractivity contribution >= 4 is 38.5 Å². The number of anilines is 1. The maximum Gasteiger partial charge on any atom is 0.308 e. The van der Waals surface area contributed by atoms with Crippen LogP contribution in [0, 0.1) is 11.7 Å². The van der Waals surface area contributed by atoms with E-state index in [1.807, 2.05) is 4.90 Å². The van der Waals surface area contributed by atoms with Crippen LogP contribution in [0.5, 0.6) is 0 Å². The first-order valence-electron chi connectivity index (χ1n) is 6.28. The van der Waals surface area contributed by atoms with Crippen LogP contribution in [0.25, 0.3) is 10.9 Å². The van der Waals surface area contributed by atoms with Gasteiger partial charge >= 0.3 is 5.97 Å². The Kier molecular flexibility index (Phi) is 3.33. The summed E-state index contributed by atoms with van der Waals surface area (Å²) in [5, 5.41) is 9.51. The van der Waals surface area contributed by atoms with Crippen LogP contribution in [0.15, 0.2) is 28.9 Å². The zero-order valence-electron chi connectivity index (χ0n) is 10.5. The lowest BCUT2D eigenvalue weighted by molar-refractivity contribution is -0.140. The van der Waals surface area contributed by atoms with E-state index < -0.39 is 11.9 Å². The van der Waals surface area contributed by atoms with Crippen molar-refractivity contribution in [3.05, 3.63) is 34.7 Å². The number of hydrogen-bond donors (Lipinski definition) is 1.